The number of nitrogens with zero attached hydrogens (tertiary/aromatic N) is 1. The fraction of sp³-hybridized carbons (Fsp3) is 0.571. The highest BCUT2D eigenvalue weighted by Crippen LogP contribution is 2.34. The van der Waals surface area contributed by atoms with Crippen LogP contribution in [0.5, 0.6) is 0 Å². The van der Waals surface area contributed by atoms with Gasteiger partial charge in [-0.3, -0.25) is 10.1 Å². The predicted molar refractivity (Wildman–Crippen MR) is 76.0 cm³/mol. The third-order valence-corrected chi connectivity index (χ3v) is 4.38. The second kappa shape index (κ2) is 5.65. The lowest BCUT2D eigenvalue weighted by molar-refractivity contribution is -0.112. The Bertz CT molecular complexity index is 464. The van der Waals surface area contributed by atoms with E-state index in [1.165, 1.54) is 29.8 Å². The fourth-order valence-electron chi connectivity index (χ4n) is 2.36. The minimum Gasteiger partial charge on any atom is -0.298 e. The maximum Gasteiger partial charge on any atom is 0.252 e. The van der Waals surface area contributed by atoms with Crippen molar-refractivity contribution < 1.29 is 4.79 Å². The Hall–Kier alpha value is -1.16. The zero-order valence-corrected chi connectivity index (χ0v) is 11.9. The molecule has 98 valence electrons. The first-order chi connectivity index (χ1) is 8.60. The molecule has 3 nitrogen and oxygen atoms in total. The van der Waals surface area contributed by atoms with Crippen LogP contribution in [-0.2, 0) is 17.6 Å². The molecule has 0 bridgehead atoms. The number of nitrogens with one attached hydrogen (secondary N) is 1. The Kier molecular flexibility index (Phi) is 4.17. The molecule has 1 aromatic rings. The molecule has 0 saturated heterocycles. The van der Waals surface area contributed by atoms with Gasteiger partial charge in [-0.25, -0.2) is 4.98 Å². The fourth-order valence-corrected chi connectivity index (χ4v) is 3.47. The van der Waals surface area contributed by atoms with Gasteiger partial charge in [0.25, 0.3) is 5.91 Å². The van der Waals surface area contributed by atoms with Crippen molar-refractivity contribution in [3.05, 3.63) is 22.7 Å². The number of hydrogen-bond donors (Lipinski definition) is 1. The molecule has 1 amide bonds. The minimum absolute atomic E-state index is 0.133. The van der Waals surface area contributed by atoms with Gasteiger partial charge in [-0.05, 0) is 32.1 Å². The first-order valence-corrected chi connectivity index (χ1v) is 7.37. The molecule has 0 radical (unpaired) electrons. The minimum atomic E-state index is -0.133. The molecule has 0 spiro atoms. The molecule has 2 rings (SSSR count). The third kappa shape index (κ3) is 2.99. The van der Waals surface area contributed by atoms with E-state index in [0.717, 1.165) is 23.9 Å². The van der Waals surface area contributed by atoms with Gasteiger partial charge >= 0.3 is 0 Å². The average molecular weight is 264 g/mol. The van der Waals surface area contributed by atoms with E-state index in [-0.39, 0.29) is 5.91 Å². The smallest absolute Gasteiger partial charge is 0.252 e. The SMILES string of the molecule is C=C(C)C(=O)Nc1nc2c(s1)CC(CCC)CC2. The number of aryl methyl sites for hydroxylation is 1. The van der Waals surface area contributed by atoms with Crippen LogP contribution in [0.15, 0.2) is 12.2 Å². The summed E-state index contributed by atoms with van der Waals surface area (Å²) in [5.74, 6) is 0.666. The van der Waals surface area contributed by atoms with E-state index in [1.807, 2.05) is 0 Å². The molecule has 1 atom stereocenters. The molecule has 4 heteroatoms. The Morgan fingerprint density at radius 2 is 2.39 bits per heavy atom. The van der Waals surface area contributed by atoms with E-state index in [9.17, 15) is 4.79 Å². The molecule has 1 unspecified atom stereocenters. The van der Waals surface area contributed by atoms with E-state index in [1.54, 1.807) is 18.3 Å². The van der Waals surface area contributed by atoms with Crippen LogP contribution in [-0.4, -0.2) is 10.9 Å². The van der Waals surface area contributed by atoms with Crippen LogP contribution in [0.3, 0.4) is 0 Å². The summed E-state index contributed by atoms with van der Waals surface area (Å²) in [6.45, 7) is 7.58. The van der Waals surface area contributed by atoms with Crippen LogP contribution in [0.25, 0.3) is 0 Å². The maximum absolute atomic E-state index is 11.5. The highest BCUT2D eigenvalue weighted by Gasteiger charge is 2.22. The Labute approximate surface area is 112 Å². The van der Waals surface area contributed by atoms with Crippen molar-refractivity contribution in [1.82, 2.24) is 4.98 Å². The van der Waals surface area contributed by atoms with Crippen molar-refractivity contribution in [3.8, 4) is 0 Å². The predicted octanol–water partition coefficient (Wildman–Crippen LogP) is 3.56. The molecule has 1 aliphatic carbocycles. The van der Waals surface area contributed by atoms with Crippen LogP contribution < -0.4 is 5.32 Å². The Balaban J connectivity index is 2.05. The highest BCUT2D eigenvalue weighted by atomic mass is 32.1. The zero-order valence-electron chi connectivity index (χ0n) is 11.1. The molecule has 0 saturated carbocycles. The molecule has 1 aromatic heterocycles. The average Bonchev–Trinajstić information content (AvgIpc) is 2.70. The summed E-state index contributed by atoms with van der Waals surface area (Å²) in [7, 11) is 0. The van der Waals surface area contributed by atoms with Crippen molar-refractivity contribution in [2.75, 3.05) is 5.32 Å². The van der Waals surface area contributed by atoms with E-state index in [0.29, 0.717) is 5.57 Å². The quantitative estimate of drug-likeness (QED) is 0.845. The van der Waals surface area contributed by atoms with Gasteiger partial charge in [-0.2, -0.15) is 0 Å². The van der Waals surface area contributed by atoms with Crippen molar-refractivity contribution >= 4 is 22.4 Å². The molecule has 0 fully saturated rings. The molecular weight excluding hydrogens is 244 g/mol. The van der Waals surface area contributed by atoms with Gasteiger partial charge in [-0.15, -0.1) is 11.3 Å². The number of thiazole rings is 1. The third-order valence-electron chi connectivity index (χ3n) is 3.35. The van der Waals surface area contributed by atoms with E-state index >= 15 is 0 Å². The second-order valence-corrected chi connectivity index (χ2v) is 6.10. The summed E-state index contributed by atoms with van der Waals surface area (Å²) in [6.07, 6.45) is 5.96. The summed E-state index contributed by atoms with van der Waals surface area (Å²) in [4.78, 5) is 17.4. The Morgan fingerprint density at radius 3 is 3.06 bits per heavy atom. The van der Waals surface area contributed by atoms with Gasteiger partial charge in [0.05, 0.1) is 5.69 Å². The summed E-state index contributed by atoms with van der Waals surface area (Å²) >= 11 is 1.63. The topological polar surface area (TPSA) is 42.0 Å². The molecule has 1 N–H and O–H groups in total. The molecule has 1 aliphatic rings. The number of amides is 1. The molecular formula is C14H20N2OS. The number of hydrogen-bond acceptors (Lipinski definition) is 3. The number of fused-ring (bicyclic) bond motifs is 1. The normalized spacial score (nSPS) is 18.2. The first-order valence-electron chi connectivity index (χ1n) is 6.55. The summed E-state index contributed by atoms with van der Waals surface area (Å²) in [5, 5.41) is 3.54. The number of carbonyl (C=O) groups is 1. The summed E-state index contributed by atoms with van der Waals surface area (Å²) in [5.41, 5.74) is 1.70. The van der Waals surface area contributed by atoms with Gasteiger partial charge in [-0.1, -0.05) is 26.3 Å². The molecule has 18 heavy (non-hydrogen) atoms. The standard InChI is InChI=1S/C14H20N2OS/c1-4-5-10-6-7-11-12(8-10)18-14(15-11)16-13(17)9(2)3/h10H,2,4-8H2,1,3H3,(H,15,16,17). The monoisotopic (exact) mass is 264 g/mol. The van der Waals surface area contributed by atoms with Crippen LogP contribution in [0.4, 0.5) is 5.13 Å². The maximum atomic E-state index is 11.5. The summed E-state index contributed by atoms with van der Waals surface area (Å²) < 4.78 is 0. The number of carbonyl (C=O) groups excluding carboxylic acids is 1. The largest absolute Gasteiger partial charge is 0.298 e. The molecule has 0 aromatic carbocycles. The van der Waals surface area contributed by atoms with Crippen LogP contribution in [0, 0.1) is 5.92 Å². The van der Waals surface area contributed by atoms with E-state index in [2.05, 4.69) is 23.8 Å². The number of rotatable bonds is 4. The number of aromatic nitrogens is 1. The van der Waals surface area contributed by atoms with Gasteiger partial charge in [0.1, 0.15) is 0 Å². The van der Waals surface area contributed by atoms with E-state index < -0.39 is 0 Å². The van der Waals surface area contributed by atoms with Gasteiger partial charge in [0.2, 0.25) is 0 Å². The van der Waals surface area contributed by atoms with E-state index in [4.69, 9.17) is 0 Å². The van der Waals surface area contributed by atoms with Gasteiger partial charge in [0, 0.05) is 10.5 Å². The van der Waals surface area contributed by atoms with Gasteiger partial charge < -0.3 is 0 Å². The highest BCUT2D eigenvalue weighted by molar-refractivity contribution is 7.15. The van der Waals surface area contributed by atoms with Crippen molar-refractivity contribution in [2.24, 2.45) is 5.92 Å². The van der Waals surface area contributed by atoms with Crippen LogP contribution >= 0.6 is 11.3 Å². The van der Waals surface area contributed by atoms with Crippen LogP contribution in [0.2, 0.25) is 0 Å². The lowest BCUT2D eigenvalue weighted by Crippen LogP contribution is -2.13. The summed E-state index contributed by atoms with van der Waals surface area (Å²) in [6, 6.07) is 0. The zero-order chi connectivity index (χ0) is 13.1. The van der Waals surface area contributed by atoms with Crippen LogP contribution in [0.1, 0.15) is 43.7 Å². The Morgan fingerprint density at radius 1 is 1.61 bits per heavy atom. The second-order valence-electron chi connectivity index (χ2n) is 5.02. The van der Waals surface area contributed by atoms with Gasteiger partial charge in [0.15, 0.2) is 5.13 Å². The van der Waals surface area contributed by atoms with Crippen molar-refractivity contribution in [1.29, 1.82) is 0 Å². The number of anilines is 1. The van der Waals surface area contributed by atoms with Crippen molar-refractivity contribution in [2.45, 2.75) is 46.0 Å². The van der Waals surface area contributed by atoms with Crippen molar-refractivity contribution in [3.63, 3.8) is 0 Å². The molecule has 0 aliphatic heterocycles. The molecule has 1 heterocycles. The first kappa shape index (κ1) is 13.3. The lowest BCUT2D eigenvalue weighted by Gasteiger charge is -2.19. The lowest BCUT2D eigenvalue weighted by atomic mass is 9.88.